The number of Topliss-reactive ketones (excluding diaryl/α,β-unsaturated/α-hetero) is 2. The van der Waals surface area contributed by atoms with Crippen LogP contribution in [0, 0.1) is 23.2 Å². The second-order valence-electron chi connectivity index (χ2n) is 23.6. The lowest BCUT2D eigenvalue weighted by Crippen LogP contribution is -2.61. The summed E-state index contributed by atoms with van der Waals surface area (Å²) in [7, 11) is -1.12. The Morgan fingerprint density at radius 3 is 1.94 bits per heavy atom. The van der Waals surface area contributed by atoms with Gasteiger partial charge >= 0.3 is 6.03 Å². The molecule has 2 aliphatic rings. The van der Waals surface area contributed by atoms with Crippen LogP contribution in [0.1, 0.15) is 145 Å². The predicted octanol–water partition coefficient (Wildman–Crippen LogP) is 5.66. The number of hydrogen-bond acceptors (Lipinski definition) is 12. The number of likely N-dealkylation sites (N-methyl/N-ethyl adjacent to an activating group) is 2. The Morgan fingerprint density at radius 2 is 1.41 bits per heavy atom. The highest BCUT2D eigenvalue weighted by atomic mass is 32.2. The number of unbranched alkanes of at least 4 members (excludes halogenated alkanes) is 2. The molecule has 0 radical (unpaired) electrons. The monoisotopic (exact) mass is 1110 g/mol. The topological polar surface area (TPSA) is 280 Å². The number of amides is 8. The number of imide groups is 1. The van der Waals surface area contributed by atoms with Crippen LogP contribution >= 0.6 is 0 Å². The molecule has 434 valence electrons. The van der Waals surface area contributed by atoms with E-state index in [1.807, 2.05) is 92.6 Å². The lowest BCUT2D eigenvalue weighted by Gasteiger charge is -2.40. The number of carbonyl (C=O) groups is 9. The third-order valence-corrected chi connectivity index (χ3v) is 16.7. The summed E-state index contributed by atoms with van der Waals surface area (Å²) in [5, 5.41) is 11.6. The average Bonchev–Trinajstić information content (AvgIpc) is 4.12. The van der Waals surface area contributed by atoms with Gasteiger partial charge < -0.3 is 31.9 Å². The summed E-state index contributed by atoms with van der Waals surface area (Å²) >= 11 is 0. The molecule has 20 heteroatoms. The van der Waals surface area contributed by atoms with Crippen molar-refractivity contribution in [2.24, 2.45) is 28.9 Å². The van der Waals surface area contributed by atoms with Crippen molar-refractivity contribution in [3.05, 3.63) is 89.5 Å². The molecule has 2 aromatic carbocycles. The quantitative estimate of drug-likeness (QED) is 0.0303. The van der Waals surface area contributed by atoms with Gasteiger partial charge in [-0.25, -0.2) is 17.9 Å². The van der Waals surface area contributed by atoms with E-state index in [-0.39, 0.29) is 90.4 Å². The van der Waals surface area contributed by atoms with E-state index in [4.69, 9.17) is 5.73 Å². The zero-order valence-corrected chi connectivity index (χ0v) is 49.1. The van der Waals surface area contributed by atoms with Crippen LogP contribution in [-0.4, -0.2) is 123 Å². The molecular weight excluding hydrogens is 1030 g/mol. The Morgan fingerprint density at radius 1 is 0.797 bits per heavy atom. The summed E-state index contributed by atoms with van der Waals surface area (Å²) in [5.74, 6) is -4.43. The molecule has 7 N–H and O–H groups in total. The largest absolute Gasteiger partial charge is 0.352 e. The van der Waals surface area contributed by atoms with Crippen molar-refractivity contribution < 1.29 is 51.6 Å². The van der Waals surface area contributed by atoms with Gasteiger partial charge in [0.1, 0.15) is 11.8 Å². The molecule has 79 heavy (non-hydrogen) atoms. The summed E-state index contributed by atoms with van der Waals surface area (Å²) < 4.78 is 29.6. The Bertz CT molecular complexity index is 2690. The first-order valence-corrected chi connectivity index (χ1v) is 28.9. The number of nitrogens with zero attached hydrogens (tertiary/aromatic N) is 2. The van der Waals surface area contributed by atoms with E-state index in [0.29, 0.717) is 44.1 Å². The van der Waals surface area contributed by atoms with Crippen LogP contribution < -0.4 is 31.7 Å². The number of ketones is 2. The van der Waals surface area contributed by atoms with Crippen LogP contribution in [0.4, 0.5) is 4.79 Å². The smallest absolute Gasteiger partial charge is 0.312 e. The molecule has 1 fully saturated rings. The van der Waals surface area contributed by atoms with Crippen molar-refractivity contribution in [1.29, 1.82) is 0 Å². The highest BCUT2D eigenvalue weighted by Crippen LogP contribution is 2.51. The Hall–Kier alpha value is -6.54. The van der Waals surface area contributed by atoms with Crippen molar-refractivity contribution in [1.82, 2.24) is 35.8 Å². The second-order valence-corrected chi connectivity index (χ2v) is 25.3. The lowest BCUT2D eigenvalue weighted by atomic mass is 9.76. The maximum Gasteiger partial charge on any atom is 0.312 e. The fourth-order valence-corrected chi connectivity index (χ4v) is 11.1. The Kier molecular flexibility index (Phi) is 23.1. The van der Waals surface area contributed by atoms with Gasteiger partial charge in [0.15, 0.2) is 5.78 Å². The van der Waals surface area contributed by atoms with Gasteiger partial charge in [-0.2, -0.15) is 0 Å². The van der Waals surface area contributed by atoms with Crippen LogP contribution in [0.25, 0.3) is 0 Å². The van der Waals surface area contributed by atoms with Gasteiger partial charge in [-0.05, 0) is 93.0 Å². The second kappa shape index (κ2) is 28.1. The molecule has 1 heterocycles. The van der Waals surface area contributed by atoms with Crippen LogP contribution in [-0.2, 0) is 59.2 Å². The molecule has 0 unspecified atom stereocenters. The minimum atomic E-state index is -4.41. The molecule has 1 aliphatic carbocycles. The van der Waals surface area contributed by atoms with Crippen molar-refractivity contribution >= 4 is 63.1 Å². The first-order valence-electron chi connectivity index (χ1n) is 27.4. The molecule has 0 aromatic heterocycles. The molecule has 5 atom stereocenters. The summed E-state index contributed by atoms with van der Waals surface area (Å²) in [4.78, 5) is 121. The summed E-state index contributed by atoms with van der Waals surface area (Å²) in [6.45, 7) is 18.7. The minimum absolute atomic E-state index is 0.0176. The highest BCUT2D eigenvalue weighted by Gasteiger charge is 2.47. The minimum Gasteiger partial charge on any atom is -0.352 e. The molecular formula is C59H86N8O11S. The van der Waals surface area contributed by atoms with Gasteiger partial charge in [-0.1, -0.05) is 117 Å². The van der Waals surface area contributed by atoms with E-state index in [9.17, 15) is 51.6 Å². The first kappa shape index (κ1) is 65.0. The Labute approximate surface area is 467 Å². The molecule has 8 amide bonds. The molecule has 4 rings (SSSR count). The standard InChI is InChI=1S/C59H86N8O11S/c1-37(2)44(35-42(68)22-17-14-18-33-67-48(70)28-29-49(67)71)53(73)63-45(23-19-32-62-56(60)76)47(69)36-59(30-31-59)41-24-26-43(27-25-41)79(77,78)65-52(72)39(5)34-46(38(3)4)66(12)55(75)51(57(6,7)8)64-54(74)50(61-11)58(9,10)40-20-15-13-16-21-40/h13,15-16,20-21,24-29,34,37-38,44-46,50-51,61H,14,17-19,22-23,30-33,35-36H2,1-12H3,(H,63,73)(H,64,74)(H,65,72)(H3,60,62,76)/b39-34+/t44-,45-,46+,50+,51+/m0/s1. The maximum absolute atomic E-state index is 14.4. The lowest BCUT2D eigenvalue weighted by molar-refractivity contribution is -0.141. The number of benzene rings is 2. The molecule has 0 saturated heterocycles. The fourth-order valence-electron chi connectivity index (χ4n) is 10.1. The highest BCUT2D eigenvalue weighted by molar-refractivity contribution is 7.90. The van der Waals surface area contributed by atoms with Crippen molar-refractivity contribution in [2.45, 2.75) is 173 Å². The number of carbonyl (C=O) groups excluding carboxylic acids is 9. The van der Waals surface area contributed by atoms with Crippen LogP contribution in [0.5, 0.6) is 0 Å². The van der Waals surface area contributed by atoms with E-state index in [1.54, 1.807) is 32.3 Å². The molecule has 1 aliphatic heterocycles. The van der Waals surface area contributed by atoms with Gasteiger partial charge in [0.05, 0.1) is 23.0 Å². The molecule has 2 aromatic rings. The zero-order valence-electron chi connectivity index (χ0n) is 48.3. The van der Waals surface area contributed by atoms with Gasteiger partial charge in [-0.3, -0.25) is 43.3 Å². The maximum atomic E-state index is 14.4. The van der Waals surface area contributed by atoms with E-state index in [1.165, 1.54) is 36.1 Å². The van der Waals surface area contributed by atoms with Gasteiger partial charge in [0, 0.05) is 73.9 Å². The number of sulfonamides is 1. The van der Waals surface area contributed by atoms with Crippen LogP contribution in [0.2, 0.25) is 0 Å². The number of urea groups is 1. The fraction of sp³-hybridized carbons (Fsp3) is 0.576. The van der Waals surface area contributed by atoms with E-state index in [2.05, 4.69) is 26.0 Å². The number of nitrogens with two attached hydrogens (primary N) is 1. The normalized spacial score (nSPS) is 16.4. The van der Waals surface area contributed by atoms with Gasteiger partial charge in [-0.15, -0.1) is 0 Å². The molecule has 0 bridgehead atoms. The summed E-state index contributed by atoms with van der Waals surface area (Å²) in [6, 6.07) is 11.5. The van der Waals surface area contributed by atoms with Crippen molar-refractivity contribution in [3.8, 4) is 0 Å². The summed E-state index contributed by atoms with van der Waals surface area (Å²) in [5.41, 5.74) is 4.91. The number of nitrogens with one attached hydrogen (secondary N) is 5. The number of primary amides is 1. The van der Waals surface area contributed by atoms with Crippen molar-refractivity contribution in [2.75, 3.05) is 27.2 Å². The third kappa shape index (κ3) is 18.0. The van der Waals surface area contributed by atoms with Crippen molar-refractivity contribution in [3.63, 3.8) is 0 Å². The number of rotatable bonds is 31. The first-order chi connectivity index (χ1) is 36.9. The van der Waals surface area contributed by atoms with Crippen LogP contribution in [0.3, 0.4) is 0 Å². The third-order valence-electron chi connectivity index (χ3n) is 15.3. The molecule has 19 nitrogen and oxygen atoms in total. The summed E-state index contributed by atoms with van der Waals surface area (Å²) in [6.07, 6.45) is 7.55. The van der Waals surface area contributed by atoms with Gasteiger partial charge in [0.25, 0.3) is 27.7 Å². The number of hydrogen-bond donors (Lipinski definition) is 6. The SMILES string of the molecule is CN[C@H](C(=O)N[C@H](C(=O)N(C)[C@H](/C=C(\C)C(=O)NS(=O)(=O)c1ccc(C2(CC(=O)[C@H](CCCNC(N)=O)NC(=O)[C@@H](CC(=O)CCCCCN3C(=O)C=CC3=O)C(C)C)CC2)cc1)C(C)C)C(C)(C)C)C(C)(C)c1ccccc1. The van der Waals surface area contributed by atoms with E-state index >= 15 is 0 Å². The predicted molar refractivity (Wildman–Crippen MR) is 302 cm³/mol. The van der Waals surface area contributed by atoms with E-state index < -0.39 is 80.1 Å². The molecule has 0 spiro atoms. The Balaban J connectivity index is 1.42. The average molecular weight is 1120 g/mol. The van der Waals surface area contributed by atoms with Gasteiger partial charge in [0.2, 0.25) is 17.7 Å². The zero-order chi connectivity index (χ0) is 59.2. The molecule has 1 saturated carbocycles. The van der Waals surface area contributed by atoms with Crippen LogP contribution in [0.15, 0.2) is 83.3 Å². The van der Waals surface area contributed by atoms with E-state index in [0.717, 1.165) is 10.5 Å².